The lowest BCUT2D eigenvalue weighted by Gasteiger charge is -2.35. The molecule has 0 bridgehead atoms. The molecule has 128 valence electrons. The van der Waals surface area contributed by atoms with Gasteiger partial charge in [0.15, 0.2) is 0 Å². The molecule has 1 aromatic heterocycles. The lowest BCUT2D eigenvalue weighted by Crippen LogP contribution is -2.45. The van der Waals surface area contributed by atoms with Crippen LogP contribution in [0.5, 0.6) is 0 Å². The van der Waals surface area contributed by atoms with Gasteiger partial charge in [0.2, 0.25) is 5.91 Å². The zero-order valence-corrected chi connectivity index (χ0v) is 14.8. The first-order valence-corrected chi connectivity index (χ1v) is 9.75. The fourth-order valence-corrected chi connectivity index (χ4v) is 3.57. The van der Waals surface area contributed by atoms with Gasteiger partial charge in [-0.2, -0.15) is 11.8 Å². The van der Waals surface area contributed by atoms with Crippen molar-refractivity contribution < 1.29 is 9.53 Å². The summed E-state index contributed by atoms with van der Waals surface area (Å²) in [5.74, 6) is 1.17. The van der Waals surface area contributed by atoms with Crippen molar-refractivity contribution in [3.05, 3.63) is 60.4 Å². The number of hydrogen-bond acceptors (Lipinski definition) is 3. The summed E-state index contributed by atoms with van der Waals surface area (Å²) < 4.78 is 7.92. The van der Waals surface area contributed by atoms with E-state index in [0.717, 1.165) is 17.7 Å². The van der Waals surface area contributed by atoms with E-state index >= 15 is 0 Å². The standard InChI is InChI=1S/C19H24N2O2S/c1-24-14-9-17(20-10-5-6-11-20)19(22)21-12-13-23-18(15-21)16-7-3-2-4-8-16/h2-8,10-11,17-18H,9,12-15H2,1H3/t17-,18-/m0/s1. The van der Waals surface area contributed by atoms with E-state index in [0.29, 0.717) is 19.7 Å². The molecule has 1 aliphatic heterocycles. The maximum Gasteiger partial charge on any atom is 0.245 e. The molecule has 24 heavy (non-hydrogen) atoms. The monoisotopic (exact) mass is 344 g/mol. The van der Waals surface area contributed by atoms with Crippen molar-refractivity contribution in [1.29, 1.82) is 0 Å². The molecule has 1 amide bonds. The summed E-state index contributed by atoms with van der Waals surface area (Å²) in [6.07, 6.45) is 6.87. The number of benzene rings is 1. The number of aromatic nitrogens is 1. The van der Waals surface area contributed by atoms with Gasteiger partial charge in [-0.05, 0) is 36.1 Å². The molecule has 0 spiro atoms. The maximum absolute atomic E-state index is 13.1. The number of morpholine rings is 1. The van der Waals surface area contributed by atoms with Gasteiger partial charge in [0.25, 0.3) is 0 Å². The zero-order valence-electron chi connectivity index (χ0n) is 14.0. The van der Waals surface area contributed by atoms with Gasteiger partial charge in [-0.25, -0.2) is 0 Å². The largest absolute Gasteiger partial charge is 0.370 e. The molecule has 3 rings (SSSR count). The van der Waals surface area contributed by atoms with E-state index in [1.807, 2.05) is 52.2 Å². The number of rotatable bonds is 6. The quantitative estimate of drug-likeness (QED) is 0.806. The second-order valence-corrected chi connectivity index (χ2v) is 6.97. The van der Waals surface area contributed by atoms with Gasteiger partial charge >= 0.3 is 0 Å². The average Bonchev–Trinajstić information content (AvgIpc) is 3.17. The summed E-state index contributed by atoms with van der Waals surface area (Å²) in [7, 11) is 0. The number of amides is 1. The van der Waals surface area contributed by atoms with Crippen LogP contribution in [0.15, 0.2) is 54.9 Å². The third-order valence-corrected chi connectivity index (χ3v) is 5.06. The number of ether oxygens (including phenoxy) is 1. The molecule has 2 atom stereocenters. The molecular weight excluding hydrogens is 320 g/mol. The van der Waals surface area contributed by atoms with Crippen LogP contribution >= 0.6 is 11.8 Å². The van der Waals surface area contributed by atoms with Crippen molar-refractivity contribution in [3.8, 4) is 0 Å². The van der Waals surface area contributed by atoms with Crippen LogP contribution < -0.4 is 0 Å². The molecule has 0 unspecified atom stereocenters. The van der Waals surface area contributed by atoms with Crippen molar-refractivity contribution in [2.75, 3.05) is 31.7 Å². The Balaban J connectivity index is 1.72. The molecule has 2 aromatic rings. The summed E-state index contributed by atoms with van der Waals surface area (Å²) in [4.78, 5) is 15.1. The van der Waals surface area contributed by atoms with Crippen LogP contribution in [-0.2, 0) is 9.53 Å². The van der Waals surface area contributed by atoms with Crippen molar-refractivity contribution in [2.24, 2.45) is 0 Å². The van der Waals surface area contributed by atoms with Crippen LogP contribution in [0.2, 0.25) is 0 Å². The van der Waals surface area contributed by atoms with Crippen LogP contribution in [0.25, 0.3) is 0 Å². The van der Waals surface area contributed by atoms with Gasteiger partial charge in [-0.3, -0.25) is 4.79 Å². The van der Waals surface area contributed by atoms with Gasteiger partial charge in [-0.1, -0.05) is 30.3 Å². The summed E-state index contributed by atoms with van der Waals surface area (Å²) >= 11 is 1.78. The highest BCUT2D eigenvalue weighted by Gasteiger charge is 2.30. The van der Waals surface area contributed by atoms with Crippen molar-refractivity contribution in [2.45, 2.75) is 18.6 Å². The molecular formula is C19H24N2O2S. The number of thioether (sulfide) groups is 1. The highest BCUT2D eigenvalue weighted by molar-refractivity contribution is 7.98. The van der Waals surface area contributed by atoms with Crippen LogP contribution in [0, 0.1) is 0 Å². The maximum atomic E-state index is 13.1. The molecule has 4 nitrogen and oxygen atoms in total. The molecule has 1 saturated heterocycles. The van der Waals surface area contributed by atoms with Gasteiger partial charge in [-0.15, -0.1) is 0 Å². The molecule has 5 heteroatoms. The minimum Gasteiger partial charge on any atom is -0.370 e. The zero-order chi connectivity index (χ0) is 16.8. The molecule has 1 fully saturated rings. The minimum atomic E-state index is -0.123. The Labute approximate surface area is 147 Å². The van der Waals surface area contributed by atoms with E-state index < -0.39 is 0 Å². The highest BCUT2D eigenvalue weighted by atomic mass is 32.2. The molecule has 1 aliphatic rings. The first-order chi connectivity index (χ1) is 11.8. The van der Waals surface area contributed by atoms with Crippen LogP contribution in [0.3, 0.4) is 0 Å². The Morgan fingerprint density at radius 2 is 2.00 bits per heavy atom. The third kappa shape index (κ3) is 4.02. The lowest BCUT2D eigenvalue weighted by molar-refractivity contribution is -0.142. The van der Waals surface area contributed by atoms with E-state index in [1.165, 1.54) is 0 Å². The van der Waals surface area contributed by atoms with E-state index in [4.69, 9.17) is 4.74 Å². The average molecular weight is 344 g/mol. The Hall–Kier alpha value is -1.72. The Bertz CT molecular complexity index is 630. The second kappa shape index (κ2) is 8.40. The molecule has 0 radical (unpaired) electrons. The van der Waals surface area contributed by atoms with Gasteiger partial charge in [0.05, 0.1) is 13.2 Å². The molecule has 0 N–H and O–H groups in total. The van der Waals surface area contributed by atoms with E-state index in [2.05, 4.69) is 18.4 Å². The van der Waals surface area contributed by atoms with Crippen molar-refractivity contribution >= 4 is 17.7 Å². The summed E-state index contributed by atoms with van der Waals surface area (Å²) in [5, 5.41) is 0. The molecule has 0 aliphatic carbocycles. The van der Waals surface area contributed by atoms with E-state index in [9.17, 15) is 4.79 Å². The minimum absolute atomic E-state index is 0.0326. The SMILES string of the molecule is CSCC[C@@H](C(=O)N1CCO[C@H](c2ccccc2)C1)n1cccc1. The highest BCUT2D eigenvalue weighted by Crippen LogP contribution is 2.25. The van der Waals surface area contributed by atoms with Crippen LogP contribution in [0.4, 0.5) is 0 Å². The Morgan fingerprint density at radius 1 is 1.25 bits per heavy atom. The first-order valence-electron chi connectivity index (χ1n) is 8.36. The van der Waals surface area contributed by atoms with E-state index in [1.54, 1.807) is 11.8 Å². The van der Waals surface area contributed by atoms with Gasteiger partial charge in [0, 0.05) is 18.9 Å². The number of carbonyl (C=O) groups is 1. The normalized spacial score (nSPS) is 19.2. The summed E-state index contributed by atoms with van der Waals surface area (Å²) in [6.45, 7) is 1.88. The Kier molecular flexibility index (Phi) is 5.99. The fourth-order valence-electron chi connectivity index (χ4n) is 3.11. The lowest BCUT2D eigenvalue weighted by atomic mass is 10.1. The van der Waals surface area contributed by atoms with E-state index in [-0.39, 0.29) is 18.1 Å². The number of nitrogens with zero attached hydrogens (tertiary/aromatic N) is 2. The summed E-state index contributed by atoms with van der Waals surface area (Å²) in [5.41, 5.74) is 1.14. The van der Waals surface area contributed by atoms with Crippen LogP contribution in [0.1, 0.15) is 24.1 Å². The van der Waals surface area contributed by atoms with Gasteiger partial charge in [0.1, 0.15) is 12.1 Å². The number of hydrogen-bond donors (Lipinski definition) is 0. The van der Waals surface area contributed by atoms with Crippen molar-refractivity contribution in [1.82, 2.24) is 9.47 Å². The van der Waals surface area contributed by atoms with Crippen LogP contribution in [-0.4, -0.2) is 47.1 Å². The fraction of sp³-hybridized carbons (Fsp3) is 0.421. The Morgan fingerprint density at radius 3 is 2.71 bits per heavy atom. The van der Waals surface area contributed by atoms with Crippen molar-refractivity contribution in [3.63, 3.8) is 0 Å². The summed E-state index contributed by atoms with van der Waals surface area (Å²) in [6, 6.07) is 14.0. The number of carbonyl (C=O) groups excluding carboxylic acids is 1. The topological polar surface area (TPSA) is 34.5 Å². The molecule has 0 saturated carbocycles. The predicted octanol–water partition coefficient (Wildman–Crippen LogP) is 3.38. The first kappa shape index (κ1) is 17.1. The van der Waals surface area contributed by atoms with Gasteiger partial charge < -0.3 is 14.2 Å². The second-order valence-electron chi connectivity index (χ2n) is 5.98. The molecule has 1 aromatic carbocycles. The molecule has 2 heterocycles. The predicted molar refractivity (Wildman–Crippen MR) is 98.2 cm³/mol. The third-order valence-electron chi connectivity index (χ3n) is 4.42. The smallest absolute Gasteiger partial charge is 0.245 e.